The first-order chi connectivity index (χ1) is 13.7. The summed E-state index contributed by atoms with van der Waals surface area (Å²) in [5, 5.41) is 13.3. The molecule has 3 aromatic rings. The number of aromatic nitrogens is 2. The first-order valence-electron chi connectivity index (χ1n) is 9.49. The van der Waals surface area contributed by atoms with Crippen molar-refractivity contribution in [2.75, 3.05) is 11.4 Å². The number of hydrogen-bond acceptors (Lipinski definition) is 4. The van der Waals surface area contributed by atoms with Crippen LogP contribution in [0.3, 0.4) is 0 Å². The predicted octanol–water partition coefficient (Wildman–Crippen LogP) is 3.89. The van der Waals surface area contributed by atoms with Gasteiger partial charge in [0.2, 0.25) is 0 Å². The van der Waals surface area contributed by atoms with Crippen molar-refractivity contribution in [3.05, 3.63) is 72.6 Å². The van der Waals surface area contributed by atoms with E-state index in [2.05, 4.69) is 10.00 Å². The maximum Gasteiger partial charge on any atom is 0.305 e. The van der Waals surface area contributed by atoms with Crippen LogP contribution in [0.5, 0.6) is 5.75 Å². The van der Waals surface area contributed by atoms with E-state index < -0.39 is 5.97 Å². The highest BCUT2D eigenvalue weighted by Gasteiger charge is 2.26. The first-order valence-corrected chi connectivity index (χ1v) is 9.49. The van der Waals surface area contributed by atoms with E-state index in [0.717, 1.165) is 42.1 Å². The van der Waals surface area contributed by atoms with Crippen LogP contribution >= 0.6 is 0 Å². The summed E-state index contributed by atoms with van der Waals surface area (Å²) < 4.78 is 7.72. The Labute approximate surface area is 164 Å². The number of aliphatic carboxylic acids is 1. The number of carbonyl (C=O) groups is 1. The molecule has 0 radical (unpaired) electrons. The third-order valence-electron chi connectivity index (χ3n) is 5.07. The molecule has 1 fully saturated rings. The molecular weight excluding hydrogens is 354 g/mol. The molecule has 4 rings (SSSR count). The van der Waals surface area contributed by atoms with Crippen LogP contribution in [0.1, 0.15) is 24.8 Å². The third kappa shape index (κ3) is 4.17. The van der Waals surface area contributed by atoms with Crippen molar-refractivity contribution in [1.29, 1.82) is 0 Å². The van der Waals surface area contributed by atoms with Crippen molar-refractivity contribution in [3.8, 4) is 11.4 Å². The van der Waals surface area contributed by atoms with E-state index in [9.17, 15) is 4.79 Å². The largest absolute Gasteiger partial charge is 0.489 e. The number of carboxylic acid groups (broad SMARTS) is 1. The second-order valence-corrected chi connectivity index (χ2v) is 6.99. The lowest BCUT2D eigenvalue weighted by Gasteiger charge is -2.25. The van der Waals surface area contributed by atoms with Gasteiger partial charge in [0.15, 0.2) is 0 Å². The molecule has 1 unspecified atom stereocenters. The minimum absolute atomic E-state index is 0.0811. The molecule has 1 atom stereocenters. The molecule has 2 aromatic carbocycles. The quantitative estimate of drug-likeness (QED) is 0.676. The van der Waals surface area contributed by atoms with Gasteiger partial charge in [-0.1, -0.05) is 12.1 Å². The van der Waals surface area contributed by atoms with Gasteiger partial charge in [0.1, 0.15) is 12.4 Å². The van der Waals surface area contributed by atoms with Gasteiger partial charge in [0.25, 0.3) is 0 Å². The number of benzene rings is 2. The normalized spacial score (nSPS) is 16.3. The van der Waals surface area contributed by atoms with Gasteiger partial charge in [-0.25, -0.2) is 4.68 Å². The second kappa shape index (κ2) is 8.17. The highest BCUT2D eigenvalue weighted by Crippen LogP contribution is 2.29. The SMILES string of the molecule is O=C(O)CC1CCCN1c1ccc(OCc2ccc(-n3cccn3)cc2)cc1. The van der Waals surface area contributed by atoms with Gasteiger partial charge in [0.05, 0.1) is 12.1 Å². The minimum atomic E-state index is -0.740. The summed E-state index contributed by atoms with van der Waals surface area (Å²) in [6, 6.07) is 18.0. The predicted molar refractivity (Wildman–Crippen MR) is 107 cm³/mol. The molecule has 6 nitrogen and oxygen atoms in total. The third-order valence-corrected chi connectivity index (χ3v) is 5.07. The zero-order valence-electron chi connectivity index (χ0n) is 15.6. The fourth-order valence-corrected chi connectivity index (χ4v) is 3.66. The Morgan fingerprint density at radius 3 is 2.54 bits per heavy atom. The van der Waals surface area contributed by atoms with E-state index in [0.29, 0.717) is 6.61 Å². The summed E-state index contributed by atoms with van der Waals surface area (Å²) in [6.45, 7) is 1.39. The summed E-state index contributed by atoms with van der Waals surface area (Å²) in [4.78, 5) is 13.2. The second-order valence-electron chi connectivity index (χ2n) is 6.99. The van der Waals surface area contributed by atoms with Gasteiger partial charge >= 0.3 is 5.97 Å². The number of hydrogen-bond donors (Lipinski definition) is 1. The Morgan fingerprint density at radius 1 is 1.11 bits per heavy atom. The van der Waals surface area contributed by atoms with Crippen LogP contribution in [0.15, 0.2) is 67.0 Å². The maximum absolute atomic E-state index is 11.0. The van der Waals surface area contributed by atoms with Crippen molar-refractivity contribution in [2.24, 2.45) is 0 Å². The van der Waals surface area contributed by atoms with Gasteiger partial charge in [-0.2, -0.15) is 5.10 Å². The molecule has 1 aliphatic rings. The average molecular weight is 377 g/mol. The lowest BCUT2D eigenvalue weighted by molar-refractivity contribution is -0.137. The van der Waals surface area contributed by atoms with Crippen molar-refractivity contribution in [2.45, 2.75) is 31.9 Å². The summed E-state index contributed by atoms with van der Waals surface area (Å²) >= 11 is 0. The van der Waals surface area contributed by atoms with E-state index in [1.165, 1.54) is 0 Å². The Hall–Kier alpha value is -3.28. The van der Waals surface area contributed by atoms with Crippen LogP contribution in [-0.4, -0.2) is 33.4 Å². The Bertz CT molecular complexity index is 905. The summed E-state index contributed by atoms with van der Waals surface area (Å²) in [5.74, 6) is 0.0595. The van der Waals surface area contributed by atoms with E-state index in [1.807, 2.05) is 65.5 Å². The van der Waals surface area contributed by atoms with Gasteiger partial charge in [-0.05, 0) is 60.9 Å². The lowest BCUT2D eigenvalue weighted by Crippen LogP contribution is -2.31. The first kappa shape index (κ1) is 18.1. The van der Waals surface area contributed by atoms with E-state index >= 15 is 0 Å². The fraction of sp³-hybridized carbons (Fsp3) is 0.273. The molecule has 0 saturated carbocycles. The van der Waals surface area contributed by atoms with Crippen molar-refractivity contribution < 1.29 is 14.6 Å². The molecule has 2 heterocycles. The van der Waals surface area contributed by atoms with Gasteiger partial charge in [-0.15, -0.1) is 0 Å². The lowest BCUT2D eigenvalue weighted by atomic mass is 10.1. The minimum Gasteiger partial charge on any atom is -0.489 e. The molecule has 1 saturated heterocycles. The highest BCUT2D eigenvalue weighted by molar-refractivity contribution is 5.69. The average Bonchev–Trinajstić information content (AvgIpc) is 3.39. The van der Waals surface area contributed by atoms with Crippen LogP contribution < -0.4 is 9.64 Å². The summed E-state index contributed by atoms with van der Waals surface area (Å²) in [7, 11) is 0. The molecular formula is C22H23N3O3. The molecule has 1 N–H and O–H groups in total. The van der Waals surface area contributed by atoms with Crippen molar-refractivity contribution in [3.63, 3.8) is 0 Å². The van der Waals surface area contributed by atoms with Crippen LogP contribution in [0.4, 0.5) is 5.69 Å². The fourth-order valence-electron chi connectivity index (χ4n) is 3.66. The number of rotatable bonds is 7. The molecule has 0 spiro atoms. The van der Waals surface area contributed by atoms with Crippen molar-refractivity contribution in [1.82, 2.24) is 9.78 Å². The van der Waals surface area contributed by atoms with Gasteiger partial charge < -0.3 is 14.7 Å². The molecule has 1 aliphatic heterocycles. The Morgan fingerprint density at radius 2 is 1.86 bits per heavy atom. The highest BCUT2D eigenvalue weighted by atomic mass is 16.5. The zero-order chi connectivity index (χ0) is 19.3. The van der Waals surface area contributed by atoms with Crippen LogP contribution in [0.2, 0.25) is 0 Å². The molecule has 6 heteroatoms. The number of carboxylic acids is 1. The maximum atomic E-state index is 11.0. The van der Waals surface area contributed by atoms with E-state index in [4.69, 9.17) is 9.84 Å². The number of nitrogens with zero attached hydrogens (tertiary/aromatic N) is 3. The Kier molecular flexibility index (Phi) is 5.28. The summed E-state index contributed by atoms with van der Waals surface area (Å²) in [5.41, 5.74) is 3.15. The molecule has 28 heavy (non-hydrogen) atoms. The molecule has 0 bridgehead atoms. The molecule has 1 aromatic heterocycles. The van der Waals surface area contributed by atoms with Crippen LogP contribution in [0.25, 0.3) is 5.69 Å². The van der Waals surface area contributed by atoms with E-state index in [-0.39, 0.29) is 12.5 Å². The van der Waals surface area contributed by atoms with Crippen molar-refractivity contribution >= 4 is 11.7 Å². The topological polar surface area (TPSA) is 67.6 Å². The standard InChI is InChI=1S/C22H23N3O3/c26-22(27)15-20-3-1-13-24(20)18-8-10-21(11-9-18)28-16-17-4-6-19(7-5-17)25-14-2-12-23-25/h2,4-12,14,20H,1,3,13,15-16H2,(H,26,27). The van der Waals surface area contributed by atoms with Gasteiger partial charge in [0, 0.05) is 30.7 Å². The zero-order valence-corrected chi connectivity index (χ0v) is 15.6. The molecule has 0 aliphatic carbocycles. The van der Waals surface area contributed by atoms with Crippen LogP contribution in [-0.2, 0) is 11.4 Å². The van der Waals surface area contributed by atoms with Gasteiger partial charge in [-0.3, -0.25) is 4.79 Å². The number of anilines is 1. The monoisotopic (exact) mass is 377 g/mol. The van der Waals surface area contributed by atoms with Crippen LogP contribution in [0, 0.1) is 0 Å². The van der Waals surface area contributed by atoms with E-state index in [1.54, 1.807) is 6.20 Å². The molecule has 144 valence electrons. The summed E-state index contributed by atoms with van der Waals surface area (Å²) in [6.07, 6.45) is 5.82. The smallest absolute Gasteiger partial charge is 0.305 e. The Balaban J connectivity index is 1.35. The molecule has 0 amide bonds. The number of ether oxygens (including phenoxy) is 1.